The third kappa shape index (κ3) is 5.45. The van der Waals surface area contributed by atoms with Crippen LogP contribution in [0.15, 0.2) is 73.3 Å². The van der Waals surface area contributed by atoms with E-state index < -0.39 is 12.2 Å². The van der Waals surface area contributed by atoms with Gasteiger partial charge < -0.3 is 14.6 Å². The van der Waals surface area contributed by atoms with Crippen molar-refractivity contribution in [1.82, 2.24) is 0 Å². The van der Waals surface area contributed by atoms with Crippen LogP contribution in [-0.2, 0) is 22.7 Å². The SMILES string of the molecule is C=C[C@@H](OCc1ccccc1)[C@H](O)COCc1ccccc1. The van der Waals surface area contributed by atoms with Gasteiger partial charge in [-0.05, 0) is 11.1 Å². The van der Waals surface area contributed by atoms with Crippen LogP contribution in [-0.4, -0.2) is 23.9 Å². The molecule has 0 saturated carbocycles. The minimum atomic E-state index is -0.732. The molecule has 116 valence electrons. The van der Waals surface area contributed by atoms with Gasteiger partial charge in [-0.15, -0.1) is 6.58 Å². The summed E-state index contributed by atoms with van der Waals surface area (Å²) in [6.45, 7) is 4.84. The molecule has 0 fully saturated rings. The van der Waals surface area contributed by atoms with Crippen LogP contribution in [0.4, 0.5) is 0 Å². The summed E-state index contributed by atoms with van der Waals surface area (Å²) in [5.41, 5.74) is 2.14. The molecule has 0 aliphatic heterocycles. The van der Waals surface area contributed by atoms with Gasteiger partial charge in [0.25, 0.3) is 0 Å². The van der Waals surface area contributed by atoms with E-state index in [9.17, 15) is 5.11 Å². The highest BCUT2D eigenvalue weighted by atomic mass is 16.5. The second kappa shape index (κ2) is 9.15. The van der Waals surface area contributed by atoms with Crippen molar-refractivity contribution in [3.8, 4) is 0 Å². The number of aliphatic hydroxyl groups excluding tert-OH is 1. The molecule has 3 heteroatoms. The monoisotopic (exact) mass is 298 g/mol. The Morgan fingerprint density at radius 1 is 0.909 bits per heavy atom. The predicted octanol–water partition coefficient (Wildman–Crippen LogP) is 3.34. The number of benzene rings is 2. The molecule has 2 atom stereocenters. The first kappa shape index (κ1) is 16.4. The standard InChI is InChI=1S/C19H22O3/c1-2-19(22-14-17-11-7-4-8-12-17)18(20)15-21-13-16-9-5-3-6-10-16/h2-12,18-20H,1,13-15H2/t18-,19-/m1/s1. The molecular weight excluding hydrogens is 276 g/mol. The first-order valence-corrected chi connectivity index (χ1v) is 7.37. The van der Waals surface area contributed by atoms with Gasteiger partial charge >= 0.3 is 0 Å². The summed E-state index contributed by atoms with van der Waals surface area (Å²) in [4.78, 5) is 0. The molecule has 2 aromatic rings. The van der Waals surface area contributed by atoms with Crippen LogP contribution in [0, 0.1) is 0 Å². The van der Waals surface area contributed by atoms with Crippen LogP contribution in [0.25, 0.3) is 0 Å². The summed E-state index contributed by atoms with van der Waals surface area (Å²) in [5, 5.41) is 10.1. The molecule has 0 heterocycles. The molecule has 22 heavy (non-hydrogen) atoms. The normalized spacial score (nSPS) is 13.5. The zero-order valence-corrected chi connectivity index (χ0v) is 12.6. The van der Waals surface area contributed by atoms with E-state index in [1.165, 1.54) is 0 Å². The van der Waals surface area contributed by atoms with Gasteiger partial charge in [-0.2, -0.15) is 0 Å². The highest BCUT2D eigenvalue weighted by Crippen LogP contribution is 2.09. The molecule has 1 N–H and O–H groups in total. The molecule has 2 rings (SSSR count). The van der Waals surface area contributed by atoms with Crippen LogP contribution in [0.5, 0.6) is 0 Å². The number of hydrogen-bond donors (Lipinski definition) is 1. The number of hydrogen-bond acceptors (Lipinski definition) is 3. The van der Waals surface area contributed by atoms with Crippen molar-refractivity contribution in [3.63, 3.8) is 0 Å². The zero-order valence-electron chi connectivity index (χ0n) is 12.6. The van der Waals surface area contributed by atoms with Gasteiger partial charge in [0.1, 0.15) is 12.2 Å². The largest absolute Gasteiger partial charge is 0.388 e. The van der Waals surface area contributed by atoms with Crippen LogP contribution >= 0.6 is 0 Å². The molecule has 0 unspecified atom stereocenters. The summed E-state index contributed by atoms with van der Waals surface area (Å²) in [7, 11) is 0. The fraction of sp³-hybridized carbons (Fsp3) is 0.263. The van der Waals surface area contributed by atoms with Gasteiger partial charge in [0.2, 0.25) is 0 Å². The average molecular weight is 298 g/mol. The van der Waals surface area contributed by atoms with Crippen molar-refractivity contribution in [1.29, 1.82) is 0 Å². The van der Waals surface area contributed by atoms with Crippen molar-refractivity contribution >= 4 is 0 Å². The summed E-state index contributed by atoms with van der Waals surface area (Å²) < 4.78 is 11.2. The molecule has 0 aromatic heterocycles. The predicted molar refractivity (Wildman–Crippen MR) is 87.3 cm³/mol. The Kier molecular flexibility index (Phi) is 6.84. The Hall–Kier alpha value is -1.94. The second-order valence-corrected chi connectivity index (χ2v) is 5.06. The van der Waals surface area contributed by atoms with Gasteiger partial charge in [0, 0.05) is 0 Å². The zero-order chi connectivity index (χ0) is 15.6. The van der Waals surface area contributed by atoms with E-state index in [1.54, 1.807) is 6.08 Å². The van der Waals surface area contributed by atoms with Gasteiger partial charge in [-0.25, -0.2) is 0 Å². The lowest BCUT2D eigenvalue weighted by molar-refractivity contribution is -0.0600. The maximum absolute atomic E-state index is 10.1. The molecule has 0 amide bonds. The van der Waals surface area contributed by atoms with E-state index in [4.69, 9.17) is 9.47 Å². The van der Waals surface area contributed by atoms with E-state index in [0.717, 1.165) is 11.1 Å². The second-order valence-electron chi connectivity index (χ2n) is 5.06. The van der Waals surface area contributed by atoms with Crippen molar-refractivity contribution in [2.45, 2.75) is 25.4 Å². The van der Waals surface area contributed by atoms with E-state index in [0.29, 0.717) is 13.2 Å². The van der Waals surface area contributed by atoms with Crippen LogP contribution in [0.1, 0.15) is 11.1 Å². The van der Waals surface area contributed by atoms with Crippen molar-refractivity contribution in [3.05, 3.63) is 84.4 Å². The van der Waals surface area contributed by atoms with Crippen LogP contribution in [0.2, 0.25) is 0 Å². The Morgan fingerprint density at radius 3 is 2.00 bits per heavy atom. The summed E-state index contributed by atoms with van der Waals surface area (Å²) in [6, 6.07) is 19.7. The van der Waals surface area contributed by atoms with Gasteiger partial charge in [0.05, 0.1) is 19.8 Å². The topological polar surface area (TPSA) is 38.7 Å². The Morgan fingerprint density at radius 2 is 1.45 bits per heavy atom. The molecule has 0 saturated heterocycles. The third-order valence-electron chi connectivity index (χ3n) is 3.30. The van der Waals surface area contributed by atoms with E-state index >= 15 is 0 Å². The Labute approximate surface area is 131 Å². The number of ether oxygens (including phenoxy) is 2. The van der Waals surface area contributed by atoms with Gasteiger partial charge in [-0.1, -0.05) is 66.7 Å². The summed E-state index contributed by atoms with van der Waals surface area (Å²) >= 11 is 0. The molecule has 0 bridgehead atoms. The van der Waals surface area contributed by atoms with Crippen LogP contribution in [0.3, 0.4) is 0 Å². The number of rotatable bonds is 9. The lowest BCUT2D eigenvalue weighted by atomic mass is 10.2. The maximum atomic E-state index is 10.1. The molecule has 0 spiro atoms. The minimum Gasteiger partial charge on any atom is -0.388 e. The molecule has 0 aliphatic carbocycles. The highest BCUT2D eigenvalue weighted by molar-refractivity contribution is 5.14. The Bertz CT molecular complexity index is 539. The van der Waals surface area contributed by atoms with E-state index in [-0.39, 0.29) is 6.61 Å². The van der Waals surface area contributed by atoms with Gasteiger partial charge in [0.15, 0.2) is 0 Å². The van der Waals surface area contributed by atoms with Crippen molar-refractivity contribution < 1.29 is 14.6 Å². The first-order chi connectivity index (χ1) is 10.8. The smallest absolute Gasteiger partial charge is 0.107 e. The lowest BCUT2D eigenvalue weighted by Gasteiger charge is -2.20. The third-order valence-corrected chi connectivity index (χ3v) is 3.30. The molecule has 3 nitrogen and oxygen atoms in total. The lowest BCUT2D eigenvalue weighted by Crippen LogP contribution is -2.31. The highest BCUT2D eigenvalue weighted by Gasteiger charge is 2.17. The quantitative estimate of drug-likeness (QED) is 0.722. The molecule has 0 radical (unpaired) electrons. The van der Waals surface area contributed by atoms with Crippen molar-refractivity contribution in [2.75, 3.05) is 6.61 Å². The van der Waals surface area contributed by atoms with Crippen molar-refractivity contribution in [2.24, 2.45) is 0 Å². The first-order valence-electron chi connectivity index (χ1n) is 7.37. The minimum absolute atomic E-state index is 0.209. The van der Waals surface area contributed by atoms with Gasteiger partial charge in [-0.3, -0.25) is 0 Å². The maximum Gasteiger partial charge on any atom is 0.107 e. The summed E-state index contributed by atoms with van der Waals surface area (Å²) in [5.74, 6) is 0. The van der Waals surface area contributed by atoms with E-state index in [1.807, 2.05) is 60.7 Å². The van der Waals surface area contributed by atoms with Crippen LogP contribution < -0.4 is 0 Å². The summed E-state index contributed by atoms with van der Waals surface area (Å²) in [6.07, 6.45) is 0.431. The fourth-order valence-corrected chi connectivity index (χ4v) is 2.07. The molecular formula is C19H22O3. The average Bonchev–Trinajstić information content (AvgIpc) is 2.57. The molecule has 0 aliphatic rings. The molecule has 2 aromatic carbocycles. The van der Waals surface area contributed by atoms with E-state index in [2.05, 4.69) is 6.58 Å². The number of aliphatic hydroxyl groups is 1. The fourth-order valence-electron chi connectivity index (χ4n) is 2.07. The Balaban J connectivity index is 1.74.